The van der Waals surface area contributed by atoms with Gasteiger partial charge in [-0.15, -0.1) is 0 Å². The molecule has 1 saturated heterocycles. The number of nitrogens with zero attached hydrogens (tertiary/aromatic N) is 1. The van der Waals surface area contributed by atoms with Crippen molar-refractivity contribution in [3.63, 3.8) is 0 Å². The Hall–Kier alpha value is -0.650. The first-order valence-electron chi connectivity index (χ1n) is 8.25. The number of likely N-dealkylation sites (tertiary alicyclic amines) is 1. The van der Waals surface area contributed by atoms with Crippen LogP contribution >= 0.6 is 0 Å². The molecule has 0 aromatic carbocycles. The Bertz CT molecular complexity index is 366. The van der Waals surface area contributed by atoms with Crippen LogP contribution in [0.15, 0.2) is 0 Å². The molecular weight excluding hydrogens is 268 g/mol. The van der Waals surface area contributed by atoms with Crippen LogP contribution in [0.1, 0.15) is 38.5 Å². The van der Waals surface area contributed by atoms with Gasteiger partial charge in [-0.25, -0.2) is 0 Å². The van der Waals surface area contributed by atoms with Gasteiger partial charge in [-0.3, -0.25) is 4.79 Å². The maximum atomic E-state index is 11.1. The zero-order chi connectivity index (χ0) is 14.9. The summed E-state index contributed by atoms with van der Waals surface area (Å²) in [6.07, 6.45) is 8.11. The summed E-state index contributed by atoms with van der Waals surface area (Å²) >= 11 is 0. The number of ether oxygens (including phenoxy) is 2. The monoisotopic (exact) mass is 296 g/mol. The molecule has 2 saturated carbocycles. The van der Waals surface area contributed by atoms with Gasteiger partial charge in [0.1, 0.15) is 6.61 Å². The highest BCUT2D eigenvalue weighted by molar-refractivity contribution is 5.76. The van der Waals surface area contributed by atoms with Gasteiger partial charge in [0, 0.05) is 7.05 Å². The number of hydrogen-bond acceptors (Lipinski definition) is 4. The fourth-order valence-electron chi connectivity index (χ4n) is 3.81. The molecule has 0 bridgehead atoms. The van der Waals surface area contributed by atoms with Gasteiger partial charge in [0.15, 0.2) is 0 Å². The third-order valence-corrected chi connectivity index (χ3v) is 5.53. The number of likely N-dealkylation sites (N-methyl/N-ethyl adjacent to an activating group) is 1. The number of carbonyl (C=O) groups is 1. The van der Waals surface area contributed by atoms with Crippen molar-refractivity contribution in [2.75, 3.05) is 33.8 Å². The molecule has 0 aromatic rings. The van der Waals surface area contributed by atoms with E-state index >= 15 is 0 Å². The lowest BCUT2D eigenvalue weighted by Gasteiger charge is -2.53. The Morgan fingerprint density at radius 1 is 1.19 bits per heavy atom. The first-order chi connectivity index (χ1) is 10.1. The molecule has 1 amide bonds. The van der Waals surface area contributed by atoms with Gasteiger partial charge in [0.05, 0.1) is 18.3 Å². The molecule has 0 radical (unpaired) electrons. The number of piperidine rings is 1. The molecule has 1 spiro atoms. The Morgan fingerprint density at radius 3 is 2.48 bits per heavy atom. The van der Waals surface area contributed by atoms with Gasteiger partial charge in [-0.05, 0) is 64.1 Å². The summed E-state index contributed by atoms with van der Waals surface area (Å²) in [7, 11) is 3.85. The second-order valence-corrected chi connectivity index (χ2v) is 7.17. The number of nitrogens with one attached hydrogen (secondary N) is 1. The van der Waals surface area contributed by atoms with Gasteiger partial charge in [-0.2, -0.15) is 0 Å². The van der Waals surface area contributed by atoms with Crippen LogP contribution in [0.25, 0.3) is 0 Å². The molecule has 21 heavy (non-hydrogen) atoms. The predicted octanol–water partition coefficient (Wildman–Crippen LogP) is 1.17. The van der Waals surface area contributed by atoms with Crippen LogP contribution in [-0.2, 0) is 14.3 Å². The van der Waals surface area contributed by atoms with Crippen LogP contribution in [0.5, 0.6) is 0 Å². The third-order valence-electron chi connectivity index (χ3n) is 5.53. The van der Waals surface area contributed by atoms with Crippen molar-refractivity contribution >= 4 is 5.91 Å². The molecule has 1 heterocycles. The normalized spacial score (nSPS) is 32.5. The molecule has 120 valence electrons. The highest BCUT2D eigenvalue weighted by Gasteiger charge is 2.47. The summed E-state index contributed by atoms with van der Waals surface area (Å²) in [6.45, 7) is 2.66. The fourth-order valence-corrected chi connectivity index (χ4v) is 3.81. The number of carbonyl (C=O) groups excluding carboxylic acids is 1. The molecule has 0 aromatic heterocycles. The third kappa shape index (κ3) is 3.58. The van der Waals surface area contributed by atoms with Gasteiger partial charge in [0.25, 0.3) is 0 Å². The van der Waals surface area contributed by atoms with E-state index in [4.69, 9.17) is 9.47 Å². The first kappa shape index (κ1) is 15.3. The highest BCUT2D eigenvalue weighted by atomic mass is 16.5. The Kier molecular flexibility index (Phi) is 4.52. The Labute approximate surface area is 127 Å². The average molecular weight is 296 g/mol. The van der Waals surface area contributed by atoms with E-state index in [1.54, 1.807) is 7.05 Å². The number of hydrogen-bond donors (Lipinski definition) is 1. The predicted molar refractivity (Wildman–Crippen MR) is 80.1 cm³/mol. The molecule has 1 aliphatic heterocycles. The maximum Gasteiger partial charge on any atom is 0.245 e. The van der Waals surface area contributed by atoms with E-state index in [9.17, 15) is 4.79 Å². The Balaban J connectivity index is 1.28. The molecular formula is C16H28N2O3. The summed E-state index contributed by atoms with van der Waals surface area (Å²) in [6, 6.07) is 0. The minimum Gasteiger partial charge on any atom is -0.375 e. The van der Waals surface area contributed by atoms with Crippen LogP contribution in [0.4, 0.5) is 0 Å². The van der Waals surface area contributed by atoms with E-state index in [2.05, 4.69) is 17.3 Å². The zero-order valence-electron chi connectivity index (χ0n) is 13.3. The summed E-state index contributed by atoms with van der Waals surface area (Å²) in [5.41, 5.74) is 0.593. The number of amides is 1. The summed E-state index contributed by atoms with van der Waals surface area (Å²) in [4.78, 5) is 13.5. The van der Waals surface area contributed by atoms with Crippen molar-refractivity contribution in [2.45, 2.75) is 56.8 Å². The number of rotatable bonds is 5. The van der Waals surface area contributed by atoms with Gasteiger partial charge in [0.2, 0.25) is 5.91 Å². The van der Waals surface area contributed by atoms with Gasteiger partial charge >= 0.3 is 0 Å². The van der Waals surface area contributed by atoms with Crippen LogP contribution in [-0.4, -0.2) is 62.9 Å². The SMILES string of the molecule is CNC(=O)COC1CC(OC2CC3(CCN(C)CC3)C2)C1. The highest BCUT2D eigenvalue weighted by Crippen LogP contribution is 2.51. The van der Waals surface area contributed by atoms with E-state index in [0.29, 0.717) is 17.6 Å². The van der Waals surface area contributed by atoms with Crippen molar-refractivity contribution in [3.8, 4) is 0 Å². The van der Waals surface area contributed by atoms with E-state index in [-0.39, 0.29) is 18.6 Å². The van der Waals surface area contributed by atoms with Crippen LogP contribution in [0, 0.1) is 5.41 Å². The second-order valence-electron chi connectivity index (χ2n) is 7.17. The van der Waals surface area contributed by atoms with Crippen LogP contribution < -0.4 is 5.32 Å². The summed E-state index contributed by atoms with van der Waals surface area (Å²) < 4.78 is 11.7. The topological polar surface area (TPSA) is 50.8 Å². The summed E-state index contributed by atoms with van der Waals surface area (Å²) in [5, 5.41) is 2.57. The lowest BCUT2D eigenvalue weighted by Crippen LogP contribution is -2.51. The molecule has 3 rings (SSSR count). The standard InChI is InChI=1S/C16H28N2O3/c1-17-15(19)11-20-12-7-13(8-12)21-14-9-16(10-14)3-5-18(2)6-4-16/h12-14H,3-11H2,1-2H3,(H,17,19). The Morgan fingerprint density at radius 2 is 1.86 bits per heavy atom. The molecule has 5 heteroatoms. The minimum atomic E-state index is -0.0532. The molecule has 1 N–H and O–H groups in total. The minimum absolute atomic E-state index is 0.0532. The average Bonchev–Trinajstić information content (AvgIpc) is 2.40. The first-order valence-corrected chi connectivity index (χ1v) is 8.25. The molecule has 2 aliphatic carbocycles. The molecule has 0 atom stereocenters. The van der Waals surface area contributed by atoms with E-state index < -0.39 is 0 Å². The van der Waals surface area contributed by atoms with Crippen molar-refractivity contribution in [1.82, 2.24) is 10.2 Å². The maximum absolute atomic E-state index is 11.1. The summed E-state index contributed by atoms with van der Waals surface area (Å²) in [5.74, 6) is -0.0532. The fraction of sp³-hybridized carbons (Fsp3) is 0.938. The van der Waals surface area contributed by atoms with Gasteiger partial charge in [-0.1, -0.05) is 0 Å². The van der Waals surface area contributed by atoms with Crippen molar-refractivity contribution in [1.29, 1.82) is 0 Å². The molecule has 0 unspecified atom stereocenters. The lowest BCUT2D eigenvalue weighted by atomic mass is 9.61. The van der Waals surface area contributed by atoms with Crippen molar-refractivity contribution < 1.29 is 14.3 Å². The van der Waals surface area contributed by atoms with E-state index in [1.165, 1.54) is 38.8 Å². The zero-order valence-corrected chi connectivity index (χ0v) is 13.3. The quantitative estimate of drug-likeness (QED) is 0.827. The molecule has 3 fully saturated rings. The second kappa shape index (κ2) is 6.23. The molecule has 3 aliphatic rings. The smallest absolute Gasteiger partial charge is 0.245 e. The van der Waals surface area contributed by atoms with E-state index in [1.807, 2.05) is 0 Å². The molecule has 5 nitrogen and oxygen atoms in total. The van der Waals surface area contributed by atoms with Crippen LogP contribution in [0.3, 0.4) is 0 Å². The largest absolute Gasteiger partial charge is 0.375 e. The lowest BCUT2D eigenvalue weighted by molar-refractivity contribution is -0.179. The van der Waals surface area contributed by atoms with Crippen molar-refractivity contribution in [3.05, 3.63) is 0 Å². The van der Waals surface area contributed by atoms with Crippen molar-refractivity contribution in [2.24, 2.45) is 5.41 Å². The van der Waals surface area contributed by atoms with E-state index in [0.717, 1.165) is 12.8 Å². The van der Waals surface area contributed by atoms with Gasteiger partial charge < -0.3 is 19.7 Å². The van der Waals surface area contributed by atoms with Crippen LogP contribution in [0.2, 0.25) is 0 Å².